The molecule has 35 heavy (non-hydrogen) atoms. The molecule has 4 heteroatoms. The fourth-order valence-electron chi connectivity index (χ4n) is 6.07. The number of hydrogen-bond acceptors (Lipinski definition) is 3. The lowest BCUT2D eigenvalue weighted by Crippen LogP contribution is -2.35. The van der Waals surface area contributed by atoms with Crippen molar-refractivity contribution in [2.24, 2.45) is 0 Å². The van der Waals surface area contributed by atoms with Gasteiger partial charge in [0.25, 0.3) is 5.91 Å². The van der Waals surface area contributed by atoms with Crippen LogP contribution in [0.3, 0.4) is 0 Å². The number of carbonyl (C=O) groups is 1. The van der Waals surface area contributed by atoms with Crippen LogP contribution in [-0.2, 0) is 0 Å². The summed E-state index contributed by atoms with van der Waals surface area (Å²) in [6.07, 6.45) is 4.64. The predicted octanol–water partition coefficient (Wildman–Crippen LogP) is 6.66. The molecule has 2 bridgehead atoms. The number of rotatable bonds is 4. The number of benzene rings is 3. The molecule has 1 N–H and O–H groups in total. The molecule has 3 aromatic rings. The molecule has 0 aromatic heterocycles. The summed E-state index contributed by atoms with van der Waals surface area (Å²) in [5.74, 6) is 1.73. The van der Waals surface area contributed by atoms with E-state index in [4.69, 9.17) is 4.74 Å². The normalized spacial score (nSPS) is 20.2. The molecule has 2 saturated heterocycles. The van der Waals surface area contributed by atoms with Crippen molar-refractivity contribution in [2.45, 2.75) is 51.6 Å². The first-order valence-electron chi connectivity index (χ1n) is 12.9. The van der Waals surface area contributed by atoms with Crippen LogP contribution in [-0.4, -0.2) is 36.0 Å². The molecular weight excluding hydrogens is 432 g/mol. The van der Waals surface area contributed by atoms with E-state index in [0.717, 1.165) is 46.6 Å². The third kappa shape index (κ3) is 3.86. The molecule has 3 heterocycles. The van der Waals surface area contributed by atoms with Gasteiger partial charge in [-0.2, -0.15) is 0 Å². The monoisotopic (exact) mass is 464 g/mol. The van der Waals surface area contributed by atoms with Crippen LogP contribution in [0.4, 0.5) is 0 Å². The first kappa shape index (κ1) is 22.1. The van der Waals surface area contributed by atoms with E-state index in [1.54, 1.807) is 0 Å². The first-order valence-corrected chi connectivity index (χ1v) is 12.9. The largest absolute Gasteiger partial charge is 0.455 e. The second kappa shape index (κ2) is 9.01. The quantitative estimate of drug-likeness (QED) is 0.367. The Bertz CT molecular complexity index is 1290. The molecule has 4 nitrogen and oxygen atoms in total. The van der Waals surface area contributed by atoms with Crippen LogP contribution in [0.2, 0.25) is 0 Å². The van der Waals surface area contributed by atoms with Gasteiger partial charge >= 0.3 is 0 Å². The van der Waals surface area contributed by atoms with E-state index >= 15 is 0 Å². The lowest BCUT2D eigenvalue weighted by atomic mass is 9.83. The molecule has 2 fully saturated rings. The third-order valence-electron chi connectivity index (χ3n) is 7.80. The SMILES string of the molecule is CCN(CC)C(=O)c1ccc2c(c1)Oc1c(cccc1-c1ccccc1)C2=C1CC2CCC(C1)N2. The highest BCUT2D eigenvalue weighted by Gasteiger charge is 2.35. The summed E-state index contributed by atoms with van der Waals surface area (Å²) in [6.45, 7) is 5.43. The number of ether oxygens (including phenoxy) is 1. The minimum absolute atomic E-state index is 0.0534. The molecule has 3 aliphatic heterocycles. The minimum Gasteiger partial charge on any atom is -0.455 e. The molecule has 0 saturated carbocycles. The van der Waals surface area contributed by atoms with E-state index in [2.05, 4.69) is 53.8 Å². The van der Waals surface area contributed by atoms with Gasteiger partial charge in [0.2, 0.25) is 0 Å². The lowest BCUT2D eigenvalue weighted by molar-refractivity contribution is 0.0772. The Kier molecular flexibility index (Phi) is 5.69. The number of hydrogen-bond donors (Lipinski definition) is 1. The zero-order valence-corrected chi connectivity index (χ0v) is 20.5. The molecule has 2 unspecified atom stereocenters. The first-order chi connectivity index (χ1) is 17.2. The molecule has 178 valence electrons. The fourth-order valence-corrected chi connectivity index (χ4v) is 6.07. The van der Waals surface area contributed by atoms with Gasteiger partial charge in [-0.25, -0.2) is 0 Å². The maximum atomic E-state index is 13.2. The van der Waals surface area contributed by atoms with Crippen molar-refractivity contribution in [1.82, 2.24) is 10.2 Å². The van der Waals surface area contributed by atoms with Crippen molar-refractivity contribution in [3.05, 3.63) is 89.0 Å². The molecular formula is C31H32N2O2. The van der Waals surface area contributed by atoms with Crippen LogP contribution in [0.5, 0.6) is 11.5 Å². The summed E-state index contributed by atoms with van der Waals surface area (Å²) >= 11 is 0. The zero-order chi connectivity index (χ0) is 23.9. The van der Waals surface area contributed by atoms with Crippen molar-refractivity contribution in [2.75, 3.05) is 13.1 Å². The number of carbonyl (C=O) groups excluding carboxylic acids is 1. The molecule has 0 aliphatic carbocycles. The molecule has 0 radical (unpaired) electrons. The number of fused-ring (bicyclic) bond motifs is 4. The Morgan fingerprint density at radius 1 is 0.886 bits per heavy atom. The van der Waals surface area contributed by atoms with Crippen LogP contribution in [0.1, 0.15) is 61.0 Å². The highest BCUT2D eigenvalue weighted by Crippen LogP contribution is 2.51. The van der Waals surface area contributed by atoms with E-state index < -0.39 is 0 Å². The van der Waals surface area contributed by atoms with Gasteiger partial charge in [0.15, 0.2) is 0 Å². The van der Waals surface area contributed by atoms with Crippen LogP contribution < -0.4 is 10.1 Å². The van der Waals surface area contributed by atoms with Crippen LogP contribution in [0.25, 0.3) is 16.7 Å². The van der Waals surface area contributed by atoms with Crippen LogP contribution in [0, 0.1) is 0 Å². The maximum absolute atomic E-state index is 13.2. The molecule has 6 rings (SSSR count). The predicted molar refractivity (Wildman–Crippen MR) is 141 cm³/mol. The maximum Gasteiger partial charge on any atom is 0.253 e. The molecule has 1 amide bonds. The number of nitrogens with zero attached hydrogens (tertiary/aromatic N) is 1. The summed E-state index contributed by atoms with van der Waals surface area (Å²) in [7, 11) is 0. The van der Waals surface area contributed by atoms with Crippen molar-refractivity contribution < 1.29 is 9.53 Å². The van der Waals surface area contributed by atoms with E-state index in [1.165, 1.54) is 24.0 Å². The smallest absolute Gasteiger partial charge is 0.253 e. The van der Waals surface area contributed by atoms with Crippen molar-refractivity contribution in [1.29, 1.82) is 0 Å². The Labute approximate surface area is 207 Å². The number of piperidine rings is 1. The van der Waals surface area contributed by atoms with E-state index in [-0.39, 0.29) is 5.91 Å². The van der Waals surface area contributed by atoms with Crippen LogP contribution in [0.15, 0.2) is 72.3 Å². The lowest BCUT2D eigenvalue weighted by Gasteiger charge is -2.31. The molecule has 3 aromatic carbocycles. The van der Waals surface area contributed by atoms with Gasteiger partial charge in [-0.1, -0.05) is 54.1 Å². The van der Waals surface area contributed by atoms with Crippen molar-refractivity contribution >= 4 is 11.5 Å². The van der Waals surface area contributed by atoms with Gasteiger partial charge in [0.05, 0.1) is 0 Å². The Morgan fingerprint density at radius 2 is 1.60 bits per heavy atom. The summed E-state index contributed by atoms with van der Waals surface area (Å²) in [5.41, 5.74) is 7.99. The van der Waals surface area contributed by atoms with Gasteiger partial charge in [-0.3, -0.25) is 4.79 Å². The minimum atomic E-state index is 0.0534. The summed E-state index contributed by atoms with van der Waals surface area (Å²) in [5, 5.41) is 3.78. The van der Waals surface area contributed by atoms with Gasteiger partial charge in [0, 0.05) is 47.4 Å². The number of para-hydroxylation sites is 1. The van der Waals surface area contributed by atoms with Crippen molar-refractivity contribution in [3.63, 3.8) is 0 Å². The third-order valence-corrected chi connectivity index (χ3v) is 7.80. The summed E-state index contributed by atoms with van der Waals surface area (Å²) in [4.78, 5) is 15.0. The standard InChI is InChI=1S/C31H32N2O2/c1-3-33(4-2)31(34)21-13-16-26-28(19-21)35-30-25(20-9-6-5-7-10-20)11-8-12-27(30)29(26)22-17-23-14-15-24(18-22)32-23/h5-13,16,19,23-24,32H,3-4,14-15,17-18H2,1-2H3. The molecule has 2 atom stereocenters. The highest BCUT2D eigenvalue weighted by molar-refractivity contribution is 5.98. The van der Waals surface area contributed by atoms with Gasteiger partial charge < -0.3 is 15.0 Å². The fraction of sp³-hybridized carbons (Fsp3) is 0.323. The van der Waals surface area contributed by atoms with Gasteiger partial charge in [0.1, 0.15) is 11.5 Å². The van der Waals surface area contributed by atoms with E-state index in [1.807, 2.05) is 36.9 Å². The van der Waals surface area contributed by atoms with Gasteiger partial charge in [-0.05, 0) is 68.9 Å². The summed E-state index contributed by atoms with van der Waals surface area (Å²) in [6, 6.07) is 24.1. The van der Waals surface area contributed by atoms with E-state index in [9.17, 15) is 4.79 Å². The number of nitrogens with one attached hydrogen (secondary N) is 1. The molecule has 0 spiro atoms. The number of amides is 1. The molecule has 3 aliphatic rings. The zero-order valence-electron chi connectivity index (χ0n) is 20.5. The summed E-state index contributed by atoms with van der Waals surface area (Å²) < 4.78 is 6.67. The second-order valence-electron chi connectivity index (χ2n) is 9.86. The van der Waals surface area contributed by atoms with E-state index in [0.29, 0.717) is 30.7 Å². The Morgan fingerprint density at radius 3 is 2.31 bits per heavy atom. The van der Waals surface area contributed by atoms with Crippen molar-refractivity contribution in [3.8, 4) is 22.6 Å². The highest BCUT2D eigenvalue weighted by atomic mass is 16.5. The topological polar surface area (TPSA) is 41.6 Å². The Balaban J connectivity index is 1.53. The second-order valence-corrected chi connectivity index (χ2v) is 9.86. The van der Waals surface area contributed by atoms with Crippen LogP contribution >= 0.6 is 0 Å². The van der Waals surface area contributed by atoms with Gasteiger partial charge in [-0.15, -0.1) is 0 Å². The average molecular weight is 465 g/mol. The average Bonchev–Trinajstić information content (AvgIpc) is 3.24. The Hall–Kier alpha value is -3.37.